The molecule has 0 unspecified atom stereocenters. The molecule has 1 spiro atoms. The quantitative estimate of drug-likeness (QED) is 0.564. The van der Waals surface area contributed by atoms with Gasteiger partial charge in [0.2, 0.25) is 5.91 Å². The van der Waals surface area contributed by atoms with Gasteiger partial charge in [0.1, 0.15) is 17.5 Å². The lowest BCUT2D eigenvalue weighted by Gasteiger charge is -2.57. The van der Waals surface area contributed by atoms with Crippen LogP contribution in [0.3, 0.4) is 0 Å². The number of hydrogen-bond donors (Lipinski definition) is 1. The van der Waals surface area contributed by atoms with Crippen molar-refractivity contribution in [3.8, 4) is 17.2 Å². The summed E-state index contributed by atoms with van der Waals surface area (Å²) in [7, 11) is 0. The molecule has 1 saturated carbocycles. The smallest absolute Gasteiger partial charge is 0.245 e. The van der Waals surface area contributed by atoms with Gasteiger partial charge in [0.05, 0.1) is 11.2 Å². The Kier molecular flexibility index (Phi) is 4.32. The number of carbonyl (C=O) groups is 1. The van der Waals surface area contributed by atoms with E-state index in [1.165, 1.54) is 23.8 Å². The Morgan fingerprint density at radius 3 is 2.89 bits per heavy atom. The molecule has 1 N–H and O–H groups in total. The number of rotatable bonds is 3. The standard InChI is InChI=1S/C29H30N6O/c1-4-23(36)35-15-29(16-35)6-8-34(14-29)27-20(11-30)24(21-13-31-12-17-5-7-32-25(17)21)19-9-18-10-22(26(19)33-27)28(18,2)3/h4-5,7,12-13,18,22,32H,1,6,8-10,14-16H2,2-3H3/t18-,22-/m0/s1. The van der Waals surface area contributed by atoms with Crippen molar-refractivity contribution >= 4 is 22.6 Å². The zero-order valence-electron chi connectivity index (χ0n) is 20.8. The van der Waals surface area contributed by atoms with Crippen LogP contribution in [0.1, 0.15) is 49.4 Å². The van der Waals surface area contributed by atoms with E-state index in [0.717, 1.165) is 66.9 Å². The molecule has 7 heteroatoms. The maximum atomic E-state index is 12.1. The molecule has 3 aliphatic carbocycles. The number of nitrogens with one attached hydrogen (secondary N) is 1. The lowest BCUT2D eigenvalue weighted by Crippen LogP contribution is -2.59. The van der Waals surface area contributed by atoms with Crippen LogP contribution in [0, 0.1) is 28.1 Å². The van der Waals surface area contributed by atoms with Gasteiger partial charge in [-0.05, 0) is 48.3 Å². The van der Waals surface area contributed by atoms with E-state index in [0.29, 0.717) is 17.4 Å². The van der Waals surface area contributed by atoms with Gasteiger partial charge >= 0.3 is 0 Å². The molecule has 36 heavy (non-hydrogen) atoms. The van der Waals surface area contributed by atoms with Crippen molar-refractivity contribution in [1.82, 2.24) is 19.9 Å². The van der Waals surface area contributed by atoms with E-state index in [1.54, 1.807) is 0 Å². The minimum absolute atomic E-state index is 0.000655. The molecule has 2 atom stereocenters. The van der Waals surface area contributed by atoms with E-state index in [2.05, 4.69) is 41.4 Å². The van der Waals surface area contributed by atoms with E-state index in [-0.39, 0.29) is 16.7 Å². The number of nitrogens with zero attached hydrogens (tertiary/aromatic N) is 5. The molecular weight excluding hydrogens is 448 g/mol. The number of aromatic amines is 1. The number of anilines is 1. The first kappa shape index (κ1) is 21.6. The van der Waals surface area contributed by atoms with E-state index in [4.69, 9.17) is 4.98 Å². The molecule has 7 nitrogen and oxygen atoms in total. The number of fused-ring (bicyclic) bond motifs is 1. The molecule has 8 rings (SSSR count). The lowest BCUT2D eigenvalue weighted by molar-refractivity contribution is -0.136. The Bertz CT molecular complexity index is 1490. The molecule has 5 heterocycles. The number of nitriles is 1. The van der Waals surface area contributed by atoms with Crippen LogP contribution in [0.4, 0.5) is 5.82 Å². The number of amides is 1. The van der Waals surface area contributed by atoms with Crippen molar-refractivity contribution in [2.75, 3.05) is 31.1 Å². The molecule has 2 aliphatic heterocycles. The summed E-state index contributed by atoms with van der Waals surface area (Å²) in [5.41, 5.74) is 6.40. The van der Waals surface area contributed by atoms with Gasteiger partial charge in [-0.25, -0.2) is 4.98 Å². The normalized spacial score (nSPS) is 24.7. The molecule has 3 fully saturated rings. The largest absolute Gasteiger partial charge is 0.361 e. The monoisotopic (exact) mass is 478 g/mol. The molecule has 1 amide bonds. The molecule has 3 aromatic rings. The summed E-state index contributed by atoms with van der Waals surface area (Å²) in [6.45, 7) is 11.5. The first-order chi connectivity index (χ1) is 17.3. The van der Waals surface area contributed by atoms with E-state index >= 15 is 0 Å². The Morgan fingerprint density at radius 2 is 2.14 bits per heavy atom. The lowest BCUT2D eigenvalue weighted by atomic mass is 9.48. The summed E-state index contributed by atoms with van der Waals surface area (Å²) in [6, 6.07) is 4.60. The number of H-pyrrole nitrogens is 1. The van der Waals surface area contributed by atoms with E-state index < -0.39 is 0 Å². The van der Waals surface area contributed by atoms with Gasteiger partial charge in [-0.2, -0.15) is 5.26 Å². The Morgan fingerprint density at radius 1 is 1.31 bits per heavy atom. The van der Waals surface area contributed by atoms with Crippen molar-refractivity contribution < 1.29 is 4.79 Å². The van der Waals surface area contributed by atoms with Crippen LogP contribution >= 0.6 is 0 Å². The molecule has 5 aliphatic rings. The average molecular weight is 479 g/mol. The fourth-order valence-corrected chi connectivity index (χ4v) is 7.42. The van der Waals surface area contributed by atoms with Gasteiger partial charge < -0.3 is 14.8 Å². The number of aromatic nitrogens is 3. The highest BCUT2D eigenvalue weighted by atomic mass is 16.2. The van der Waals surface area contributed by atoms with E-state index in [1.807, 2.05) is 29.6 Å². The molecule has 0 radical (unpaired) electrons. The zero-order valence-corrected chi connectivity index (χ0v) is 20.8. The van der Waals surface area contributed by atoms with Gasteiger partial charge in [-0.1, -0.05) is 20.4 Å². The van der Waals surface area contributed by atoms with E-state index in [9.17, 15) is 10.1 Å². The minimum Gasteiger partial charge on any atom is -0.361 e. The molecule has 182 valence electrons. The van der Waals surface area contributed by atoms with Crippen molar-refractivity contribution in [2.24, 2.45) is 16.7 Å². The summed E-state index contributed by atoms with van der Waals surface area (Å²) in [6.07, 6.45) is 10.2. The van der Waals surface area contributed by atoms with Crippen LogP contribution in [0.15, 0.2) is 37.3 Å². The average Bonchev–Trinajstić information content (AvgIpc) is 3.53. The highest BCUT2D eigenvalue weighted by Crippen LogP contribution is 2.63. The summed E-state index contributed by atoms with van der Waals surface area (Å²) in [5.74, 6) is 1.83. The van der Waals surface area contributed by atoms with Crippen molar-refractivity contribution in [1.29, 1.82) is 5.26 Å². The summed E-state index contributed by atoms with van der Waals surface area (Å²) in [4.78, 5) is 29.5. The van der Waals surface area contributed by atoms with Crippen LogP contribution < -0.4 is 4.90 Å². The fourth-order valence-electron chi connectivity index (χ4n) is 7.42. The maximum Gasteiger partial charge on any atom is 0.245 e. The predicted octanol–water partition coefficient (Wildman–Crippen LogP) is 4.41. The molecule has 0 aromatic carbocycles. The Hall–Kier alpha value is -3.66. The second-order valence-corrected chi connectivity index (χ2v) is 11.9. The minimum atomic E-state index is -0.000655. The van der Waals surface area contributed by atoms with Crippen LogP contribution in [0.25, 0.3) is 22.0 Å². The molecule has 2 saturated heterocycles. The first-order valence-corrected chi connectivity index (χ1v) is 12.9. The predicted molar refractivity (Wildman–Crippen MR) is 138 cm³/mol. The third-order valence-electron chi connectivity index (χ3n) is 9.69. The van der Waals surface area contributed by atoms with Crippen LogP contribution in [-0.2, 0) is 11.2 Å². The van der Waals surface area contributed by atoms with Crippen LogP contribution in [0.2, 0.25) is 0 Å². The van der Waals surface area contributed by atoms with Gasteiger partial charge in [-0.15, -0.1) is 0 Å². The van der Waals surface area contributed by atoms with Crippen LogP contribution in [0.5, 0.6) is 0 Å². The van der Waals surface area contributed by atoms with Gasteiger partial charge in [0, 0.05) is 72.6 Å². The van der Waals surface area contributed by atoms with Crippen molar-refractivity contribution in [3.63, 3.8) is 0 Å². The second kappa shape index (κ2) is 7.19. The third-order valence-corrected chi connectivity index (χ3v) is 9.69. The summed E-state index contributed by atoms with van der Waals surface area (Å²) < 4.78 is 0. The Balaban J connectivity index is 1.37. The number of hydrogen-bond acceptors (Lipinski definition) is 5. The van der Waals surface area contributed by atoms with Crippen molar-refractivity contribution in [2.45, 2.75) is 39.0 Å². The highest BCUT2D eigenvalue weighted by Gasteiger charge is 2.55. The highest BCUT2D eigenvalue weighted by molar-refractivity contribution is 5.97. The fraction of sp³-hybridized carbons (Fsp3) is 0.448. The second-order valence-electron chi connectivity index (χ2n) is 11.9. The summed E-state index contributed by atoms with van der Waals surface area (Å²) >= 11 is 0. The first-order valence-electron chi connectivity index (χ1n) is 12.9. The van der Waals surface area contributed by atoms with Crippen LogP contribution in [-0.4, -0.2) is 51.9 Å². The molecule has 3 aromatic heterocycles. The van der Waals surface area contributed by atoms with Gasteiger partial charge in [0.25, 0.3) is 0 Å². The molecule has 2 bridgehead atoms. The summed E-state index contributed by atoms with van der Waals surface area (Å²) in [5, 5.41) is 11.6. The maximum absolute atomic E-state index is 12.1. The number of carbonyl (C=O) groups excluding carboxylic acids is 1. The zero-order chi connectivity index (χ0) is 24.8. The number of pyridine rings is 2. The number of likely N-dealkylation sites (tertiary alicyclic amines) is 1. The Labute approximate surface area is 210 Å². The van der Waals surface area contributed by atoms with Gasteiger partial charge in [0.15, 0.2) is 0 Å². The SMILES string of the molecule is C=CC(=O)N1CC2(CCN(c3nc4c(c(-c5cncc6cc[nH]c56)c3C#N)C[C@H]3C[C@@H]4C3(C)C)C2)C1. The van der Waals surface area contributed by atoms with Gasteiger partial charge in [-0.3, -0.25) is 9.78 Å². The molecular formula is C29H30N6O. The topological polar surface area (TPSA) is 88.9 Å². The third kappa shape index (κ3) is 2.76. The van der Waals surface area contributed by atoms with Crippen molar-refractivity contribution in [3.05, 3.63) is 54.1 Å².